The zero-order chi connectivity index (χ0) is 24.2. The topological polar surface area (TPSA) is 140 Å². The third kappa shape index (κ3) is 4.86. The second-order valence-electron chi connectivity index (χ2n) is 6.97. The number of nitriles is 1. The number of nitro groups is 1. The number of carbonyl (C=O) groups excluding carboxylic acids is 1. The van der Waals surface area contributed by atoms with Gasteiger partial charge in [0.1, 0.15) is 17.6 Å². The van der Waals surface area contributed by atoms with Crippen LogP contribution in [-0.4, -0.2) is 54.2 Å². The van der Waals surface area contributed by atoms with Gasteiger partial charge in [-0.05, 0) is 24.3 Å². The molecule has 0 aliphatic carbocycles. The molecule has 10 nitrogen and oxygen atoms in total. The fraction of sp³-hybridized carbons (Fsp3) is 0.238. The van der Waals surface area contributed by atoms with Crippen molar-refractivity contribution in [2.24, 2.45) is 0 Å². The van der Waals surface area contributed by atoms with Crippen molar-refractivity contribution in [3.63, 3.8) is 0 Å². The number of rotatable bonds is 7. The lowest BCUT2D eigenvalue weighted by atomic mass is 10.1. The van der Waals surface area contributed by atoms with Crippen LogP contribution in [0.5, 0.6) is 11.5 Å². The molecule has 2 N–H and O–H groups in total. The third-order valence-electron chi connectivity index (χ3n) is 4.61. The highest BCUT2D eigenvalue weighted by Gasteiger charge is 2.26. The number of aromatic hydroxyl groups is 1. The first-order valence-electron chi connectivity index (χ1n) is 9.12. The highest BCUT2D eigenvalue weighted by atomic mass is 19.1. The average molecular weight is 444 g/mol. The first kappa shape index (κ1) is 23.9. The predicted molar refractivity (Wildman–Crippen MR) is 114 cm³/mol. The number of phenols is 1. The Hall–Kier alpha value is -4.33. The Labute approximate surface area is 183 Å². The van der Waals surface area contributed by atoms with Gasteiger partial charge in [0, 0.05) is 50.6 Å². The number of methoxy groups -OCH3 is 1. The minimum absolute atomic E-state index is 0.186. The molecule has 2 aromatic carbocycles. The number of aliphatic hydroxyl groups excluding tert-OH is 1. The van der Waals surface area contributed by atoms with Crippen molar-refractivity contribution in [1.29, 1.82) is 5.26 Å². The molecule has 2 rings (SSSR count). The number of anilines is 1. The largest absolute Gasteiger partial charge is 0.506 e. The summed E-state index contributed by atoms with van der Waals surface area (Å²) in [5.74, 6) is -3.45. The second kappa shape index (κ2) is 9.65. The van der Waals surface area contributed by atoms with Gasteiger partial charge in [-0.25, -0.2) is 4.39 Å². The Kier molecular flexibility index (Phi) is 7.22. The van der Waals surface area contributed by atoms with Crippen molar-refractivity contribution in [2.45, 2.75) is 6.54 Å². The van der Waals surface area contributed by atoms with Gasteiger partial charge in [0.15, 0.2) is 11.3 Å². The number of halogens is 1. The Morgan fingerprint density at radius 3 is 2.47 bits per heavy atom. The maximum absolute atomic E-state index is 14.2. The van der Waals surface area contributed by atoms with Crippen molar-refractivity contribution < 1.29 is 29.1 Å². The van der Waals surface area contributed by atoms with Crippen molar-refractivity contribution in [2.75, 3.05) is 33.2 Å². The van der Waals surface area contributed by atoms with Crippen LogP contribution in [0.2, 0.25) is 0 Å². The fourth-order valence-electron chi connectivity index (χ4n) is 2.85. The van der Waals surface area contributed by atoms with Crippen LogP contribution in [-0.2, 0) is 11.3 Å². The normalized spacial score (nSPS) is 11.2. The zero-order valence-corrected chi connectivity index (χ0v) is 17.8. The van der Waals surface area contributed by atoms with Gasteiger partial charge in [-0.2, -0.15) is 5.26 Å². The monoisotopic (exact) mass is 444 g/mol. The van der Waals surface area contributed by atoms with E-state index in [0.717, 1.165) is 24.1 Å². The van der Waals surface area contributed by atoms with E-state index in [4.69, 9.17) is 4.74 Å². The van der Waals surface area contributed by atoms with E-state index in [1.165, 1.54) is 13.1 Å². The summed E-state index contributed by atoms with van der Waals surface area (Å²) in [4.78, 5) is 25.8. The number of ether oxygens (including phenoxy) is 1. The number of hydrogen-bond donors (Lipinski definition) is 2. The van der Waals surface area contributed by atoms with Gasteiger partial charge in [0.05, 0.1) is 12.0 Å². The summed E-state index contributed by atoms with van der Waals surface area (Å²) in [6.45, 7) is -0.205. The van der Waals surface area contributed by atoms with Crippen LogP contribution in [0, 0.1) is 27.3 Å². The van der Waals surface area contributed by atoms with E-state index >= 15 is 0 Å². The van der Waals surface area contributed by atoms with Crippen LogP contribution in [0.15, 0.2) is 35.9 Å². The number of carbonyl (C=O) groups is 1. The summed E-state index contributed by atoms with van der Waals surface area (Å²) >= 11 is 0. The highest BCUT2D eigenvalue weighted by Crippen LogP contribution is 2.38. The van der Waals surface area contributed by atoms with Crippen LogP contribution in [0.1, 0.15) is 11.1 Å². The first-order valence-corrected chi connectivity index (χ1v) is 9.12. The lowest BCUT2D eigenvalue weighted by molar-refractivity contribution is -0.386. The summed E-state index contributed by atoms with van der Waals surface area (Å²) in [6.07, 6.45) is 0. The lowest BCUT2D eigenvalue weighted by Crippen LogP contribution is -2.28. The zero-order valence-electron chi connectivity index (χ0n) is 17.8. The smallest absolute Gasteiger partial charge is 0.315 e. The molecule has 11 heteroatoms. The molecule has 168 valence electrons. The lowest BCUT2D eigenvalue weighted by Gasteiger charge is -2.20. The predicted octanol–water partition coefficient (Wildman–Crippen LogP) is 2.97. The summed E-state index contributed by atoms with van der Waals surface area (Å²) in [6, 6.07) is 7.79. The van der Waals surface area contributed by atoms with Crippen molar-refractivity contribution >= 4 is 23.0 Å². The molecule has 0 saturated heterocycles. The number of aliphatic hydroxyl groups is 1. The molecule has 0 radical (unpaired) electrons. The SMILES string of the molecule is COc1cc(/C(O)=C(\C#N)C(=O)N(C)Cc2cc(N(C)C)ccc2F)cc([N+](=O)[O-])c1O. The van der Waals surface area contributed by atoms with Gasteiger partial charge in [-0.3, -0.25) is 14.9 Å². The van der Waals surface area contributed by atoms with Crippen LogP contribution >= 0.6 is 0 Å². The van der Waals surface area contributed by atoms with E-state index in [9.17, 15) is 34.8 Å². The molecular weight excluding hydrogens is 423 g/mol. The van der Waals surface area contributed by atoms with Gasteiger partial charge in [0.2, 0.25) is 5.75 Å². The number of likely N-dealkylation sites (N-methyl/N-ethyl adjacent to an activating group) is 1. The number of hydrogen-bond acceptors (Lipinski definition) is 8. The van der Waals surface area contributed by atoms with E-state index < -0.39 is 39.4 Å². The molecule has 0 heterocycles. The number of phenolic OH excluding ortho intramolecular Hbond substituents is 1. The number of amides is 1. The molecule has 0 bridgehead atoms. The van der Waals surface area contributed by atoms with Crippen LogP contribution < -0.4 is 9.64 Å². The third-order valence-corrected chi connectivity index (χ3v) is 4.61. The molecule has 0 aromatic heterocycles. The Bertz CT molecular complexity index is 1140. The molecule has 0 atom stereocenters. The minimum Gasteiger partial charge on any atom is -0.506 e. The molecule has 0 unspecified atom stereocenters. The molecular formula is C21H21FN4O6. The van der Waals surface area contributed by atoms with Gasteiger partial charge < -0.3 is 24.7 Å². The summed E-state index contributed by atoms with van der Waals surface area (Å²) < 4.78 is 19.1. The molecule has 0 saturated carbocycles. The van der Waals surface area contributed by atoms with E-state index in [1.807, 2.05) is 0 Å². The van der Waals surface area contributed by atoms with Gasteiger partial charge in [-0.1, -0.05) is 0 Å². The highest BCUT2D eigenvalue weighted by molar-refractivity contribution is 6.03. The molecule has 0 aliphatic rings. The van der Waals surface area contributed by atoms with E-state index in [2.05, 4.69) is 0 Å². The fourth-order valence-corrected chi connectivity index (χ4v) is 2.85. The number of nitro benzene ring substituents is 1. The second-order valence-corrected chi connectivity index (χ2v) is 6.97. The Morgan fingerprint density at radius 2 is 1.94 bits per heavy atom. The Morgan fingerprint density at radius 1 is 1.28 bits per heavy atom. The summed E-state index contributed by atoms with van der Waals surface area (Å²) in [5, 5.41) is 41.0. The molecule has 0 spiro atoms. The quantitative estimate of drug-likeness (QED) is 0.218. The molecule has 0 fully saturated rings. The van der Waals surface area contributed by atoms with E-state index in [-0.39, 0.29) is 23.4 Å². The standard InChI is InChI=1S/C21H21FN4O6/c1-24(2)14-5-6-16(22)13(7-14)11-25(3)21(29)15(10-23)19(27)12-8-17(26(30)31)20(28)18(9-12)32-4/h5-9,27-28H,11H2,1-4H3/b19-15-. The molecule has 1 amide bonds. The van der Waals surface area contributed by atoms with Crippen LogP contribution in [0.3, 0.4) is 0 Å². The van der Waals surface area contributed by atoms with Crippen LogP contribution in [0.4, 0.5) is 15.8 Å². The van der Waals surface area contributed by atoms with Gasteiger partial charge in [0.25, 0.3) is 5.91 Å². The van der Waals surface area contributed by atoms with Crippen molar-refractivity contribution in [1.82, 2.24) is 4.90 Å². The maximum atomic E-state index is 14.2. The van der Waals surface area contributed by atoms with E-state index in [0.29, 0.717) is 5.69 Å². The van der Waals surface area contributed by atoms with Crippen molar-refractivity contribution in [3.8, 4) is 17.6 Å². The molecule has 2 aromatic rings. The molecule has 32 heavy (non-hydrogen) atoms. The Balaban J connectivity index is 2.46. The van der Waals surface area contributed by atoms with Crippen molar-refractivity contribution in [3.05, 3.63) is 63.0 Å². The number of nitrogens with zero attached hydrogens (tertiary/aromatic N) is 4. The van der Waals surface area contributed by atoms with Gasteiger partial charge in [-0.15, -0.1) is 0 Å². The van der Waals surface area contributed by atoms with Gasteiger partial charge >= 0.3 is 5.69 Å². The minimum atomic E-state index is -0.936. The number of benzene rings is 2. The first-order chi connectivity index (χ1) is 15.0. The molecule has 0 aliphatic heterocycles. The maximum Gasteiger partial charge on any atom is 0.315 e. The van der Waals surface area contributed by atoms with Crippen LogP contribution in [0.25, 0.3) is 5.76 Å². The summed E-state index contributed by atoms with van der Waals surface area (Å²) in [5.41, 5.74) is -0.911. The summed E-state index contributed by atoms with van der Waals surface area (Å²) in [7, 11) is 6.00. The van der Waals surface area contributed by atoms with E-state index in [1.54, 1.807) is 37.2 Å². The average Bonchev–Trinajstić information content (AvgIpc) is 2.75.